The summed E-state index contributed by atoms with van der Waals surface area (Å²) in [6, 6.07) is 6.72. The lowest BCUT2D eigenvalue weighted by Gasteiger charge is -2.45. The van der Waals surface area contributed by atoms with Crippen molar-refractivity contribution in [2.45, 2.75) is 128 Å². The number of hydrogen-bond acceptors (Lipinski definition) is 8. The molecule has 8 nitrogen and oxygen atoms in total. The van der Waals surface area contributed by atoms with Crippen molar-refractivity contribution in [1.82, 2.24) is 0 Å². The zero-order valence-electron chi connectivity index (χ0n) is 29.4. The second-order valence-corrected chi connectivity index (χ2v) is 16.0. The van der Waals surface area contributed by atoms with Crippen LogP contribution < -0.4 is 4.74 Å². The van der Waals surface area contributed by atoms with Crippen LogP contribution in [-0.4, -0.2) is 89.7 Å². The number of hydrogen-bond donors (Lipinski definition) is 0. The average molecular weight is 657 g/mol. The van der Waals surface area contributed by atoms with E-state index in [0.29, 0.717) is 62.5 Å². The van der Waals surface area contributed by atoms with Gasteiger partial charge in [-0.1, -0.05) is 19.9 Å². The van der Waals surface area contributed by atoms with E-state index < -0.39 is 0 Å². The number of epoxide rings is 3. The van der Waals surface area contributed by atoms with Crippen LogP contribution in [0, 0.1) is 36.0 Å². The maximum atomic E-state index is 6.91. The van der Waals surface area contributed by atoms with Gasteiger partial charge in [-0.2, -0.15) is 0 Å². The van der Waals surface area contributed by atoms with Crippen molar-refractivity contribution in [2.24, 2.45) is 29.1 Å². The molecule has 0 radical (unpaired) electrons. The standard InChI is InChI=1S/C39H60O8/c1-5-40-24-47-31-11-8-27-7-10-29(41-18-32-20-43-32)13-28-16-39(28,37(27)15-31)17-36(38(12-25(2)3)46-23-34-22-45-34)35-14-30(9-6-26(35)4)42-19-33-21-44-33/h6,9,14,25,27-29,31-34,36-38H,5,7-8,10-13,15-24H2,1-4H3/t27-,28?,29?,31?,32?,33?,34?,36?,37+,38?,39?/m1/s1. The van der Waals surface area contributed by atoms with Gasteiger partial charge in [0, 0.05) is 12.5 Å². The summed E-state index contributed by atoms with van der Waals surface area (Å²) in [6.45, 7) is 14.6. The number of ether oxygens (including phenoxy) is 8. The minimum absolute atomic E-state index is 0.118. The van der Waals surface area contributed by atoms with Gasteiger partial charge in [-0.25, -0.2) is 0 Å². The van der Waals surface area contributed by atoms with E-state index in [9.17, 15) is 0 Å². The molecule has 0 amide bonds. The van der Waals surface area contributed by atoms with Gasteiger partial charge in [0.05, 0.1) is 51.3 Å². The van der Waals surface area contributed by atoms with Crippen LogP contribution >= 0.6 is 0 Å². The quantitative estimate of drug-likeness (QED) is 0.0909. The Morgan fingerprint density at radius 3 is 2.28 bits per heavy atom. The highest BCUT2D eigenvalue weighted by atomic mass is 16.7. The molecule has 3 heterocycles. The van der Waals surface area contributed by atoms with Crippen LogP contribution in [0.4, 0.5) is 0 Å². The SMILES string of the molecule is CCOCOC1CC[C@H]2CCC(OCC3CO3)CC3CC3(CC(c3cc(OCC4CO4)ccc3C)C(CC(C)C)OCC3CO3)[C@H]2C1. The van der Waals surface area contributed by atoms with Crippen molar-refractivity contribution in [3.63, 3.8) is 0 Å². The maximum Gasteiger partial charge on any atom is 0.147 e. The molecule has 6 fully saturated rings. The van der Waals surface area contributed by atoms with E-state index in [1.807, 2.05) is 6.92 Å². The number of fused-ring (bicyclic) bond motifs is 3. The van der Waals surface area contributed by atoms with E-state index in [-0.39, 0.29) is 35.7 Å². The molecule has 1 aromatic rings. The zero-order valence-corrected chi connectivity index (χ0v) is 29.4. The van der Waals surface area contributed by atoms with Crippen molar-refractivity contribution in [1.29, 1.82) is 0 Å². The molecule has 0 N–H and O–H groups in total. The monoisotopic (exact) mass is 656 g/mol. The Bertz CT molecular complexity index is 1150. The molecule has 3 aliphatic carbocycles. The number of benzene rings is 1. The Kier molecular flexibility index (Phi) is 11.2. The van der Waals surface area contributed by atoms with Gasteiger partial charge in [-0.15, -0.1) is 0 Å². The molecular formula is C39H60O8. The summed E-state index contributed by atoms with van der Waals surface area (Å²) in [5.74, 6) is 3.74. The highest BCUT2D eigenvalue weighted by Gasteiger charge is 2.63. The van der Waals surface area contributed by atoms with Crippen LogP contribution in [0.25, 0.3) is 0 Å². The van der Waals surface area contributed by atoms with Crippen LogP contribution in [0.15, 0.2) is 18.2 Å². The first-order valence-electron chi connectivity index (χ1n) is 18.9. The first-order chi connectivity index (χ1) is 22.9. The molecule has 47 heavy (non-hydrogen) atoms. The molecule has 0 aromatic heterocycles. The van der Waals surface area contributed by atoms with Crippen molar-refractivity contribution in [3.05, 3.63) is 29.3 Å². The van der Waals surface area contributed by atoms with Crippen LogP contribution in [-0.2, 0) is 33.2 Å². The molecule has 1 aromatic carbocycles. The molecule has 8 heteroatoms. The summed E-state index contributed by atoms with van der Waals surface area (Å²) >= 11 is 0. The Hall–Kier alpha value is -1.26. The fourth-order valence-electron chi connectivity index (χ4n) is 9.11. The molecule has 11 atom stereocenters. The van der Waals surface area contributed by atoms with E-state index >= 15 is 0 Å². The maximum absolute atomic E-state index is 6.91. The van der Waals surface area contributed by atoms with E-state index in [0.717, 1.165) is 70.7 Å². The van der Waals surface area contributed by atoms with Crippen LogP contribution in [0.2, 0.25) is 0 Å². The Morgan fingerprint density at radius 2 is 1.57 bits per heavy atom. The highest BCUT2D eigenvalue weighted by Crippen LogP contribution is 2.70. The zero-order chi connectivity index (χ0) is 32.4. The summed E-state index contributed by atoms with van der Waals surface area (Å²) in [4.78, 5) is 0. The van der Waals surface area contributed by atoms with Crippen LogP contribution in [0.5, 0.6) is 5.75 Å². The van der Waals surface area contributed by atoms with Gasteiger partial charge < -0.3 is 37.9 Å². The smallest absolute Gasteiger partial charge is 0.147 e. The molecule has 3 saturated carbocycles. The lowest BCUT2D eigenvalue weighted by Crippen LogP contribution is -2.40. The minimum Gasteiger partial charge on any atom is -0.491 e. The molecule has 9 unspecified atom stereocenters. The van der Waals surface area contributed by atoms with Gasteiger partial charge in [0.25, 0.3) is 0 Å². The molecule has 264 valence electrons. The largest absolute Gasteiger partial charge is 0.491 e. The predicted octanol–water partition coefficient (Wildman–Crippen LogP) is 6.85. The molecule has 3 saturated heterocycles. The van der Waals surface area contributed by atoms with Gasteiger partial charge in [-0.05, 0) is 124 Å². The molecule has 3 aliphatic heterocycles. The van der Waals surface area contributed by atoms with Gasteiger partial charge in [0.15, 0.2) is 0 Å². The molecule has 7 rings (SSSR count). The van der Waals surface area contributed by atoms with Crippen molar-refractivity contribution >= 4 is 0 Å². The fourth-order valence-corrected chi connectivity index (χ4v) is 9.11. The normalized spacial score (nSPS) is 36.9. The topological polar surface area (TPSA) is 83.7 Å². The lowest BCUT2D eigenvalue weighted by molar-refractivity contribution is -0.116. The van der Waals surface area contributed by atoms with Gasteiger partial charge in [-0.3, -0.25) is 0 Å². The van der Waals surface area contributed by atoms with Crippen LogP contribution in [0.1, 0.15) is 95.6 Å². The van der Waals surface area contributed by atoms with E-state index in [4.69, 9.17) is 37.9 Å². The van der Waals surface area contributed by atoms with Crippen molar-refractivity contribution in [2.75, 3.05) is 53.0 Å². The average Bonchev–Trinajstić information content (AvgIpc) is 3.87. The Labute approximate surface area is 282 Å². The van der Waals surface area contributed by atoms with E-state index in [1.165, 1.54) is 30.4 Å². The summed E-state index contributed by atoms with van der Waals surface area (Å²) in [5.41, 5.74) is 2.97. The molecule has 6 aliphatic rings. The van der Waals surface area contributed by atoms with Gasteiger partial charge in [0.1, 0.15) is 37.5 Å². The molecule has 0 spiro atoms. The Morgan fingerprint density at radius 1 is 0.872 bits per heavy atom. The van der Waals surface area contributed by atoms with Crippen LogP contribution in [0.3, 0.4) is 0 Å². The summed E-state index contributed by atoms with van der Waals surface area (Å²) < 4.78 is 48.4. The summed E-state index contributed by atoms with van der Waals surface area (Å²) in [7, 11) is 0. The predicted molar refractivity (Wildman–Crippen MR) is 179 cm³/mol. The van der Waals surface area contributed by atoms with Gasteiger partial charge >= 0.3 is 0 Å². The number of rotatable bonds is 19. The summed E-state index contributed by atoms with van der Waals surface area (Å²) in [5, 5.41) is 0. The van der Waals surface area contributed by atoms with Crippen molar-refractivity contribution < 1.29 is 37.9 Å². The van der Waals surface area contributed by atoms with Crippen molar-refractivity contribution in [3.8, 4) is 5.75 Å². The third kappa shape index (κ3) is 9.11. The van der Waals surface area contributed by atoms with Gasteiger partial charge in [0.2, 0.25) is 0 Å². The molecular weight excluding hydrogens is 596 g/mol. The highest BCUT2D eigenvalue weighted by molar-refractivity contribution is 5.39. The third-order valence-electron chi connectivity index (χ3n) is 12.0. The fraction of sp³-hybridized carbons (Fsp3) is 0.846. The first kappa shape index (κ1) is 34.2. The second kappa shape index (κ2) is 15.3. The molecule has 0 bridgehead atoms. The lowest BCUT2D eigenvalue weighted by atomic mass is 9.62. The Balaban J connectivity index is 1.19. The summed E-state index contributed by atoms with van der Waals surface area (Å²) in [6.07, 6.45) is 12.0. The first-order valence-corrected chi connectivity index (χ1v) is 18.9. The van der Waals surface area contributed by atoms with E-state index in [2.05, 4.69) is 39.0 Å². The number of aryl methyl sites for hydroxylation is 1. The second-order valence-electron chi connectivity index (χ2n) is 16.0. The van der Waals surface area contributed by atoms with E-state index in [1.54, 1.807) is 0 Å². The third-order valence-corrected chi connectivity index (χ3v) is 12.0. The minimum atomic E-state index is 0.118.